The number of sulfone groups is 1. The molecule has 11 heavy (non-hydrogen) atoms. The Morgan fingerprint density at radius 3 is 1.55 bits per heavy atom. The predicted molar refractivity (Wildman–Crippen MR) is 48.6 cm³/mol. The fourth-order valence-electron chi connectivity index (χ4n) is 0.392. The van der Waals surface area contributed by atoms with Crippen LogP contribution in [0.2, 0.25) is 0 Å². The average Bonchev–Trinajstić information content (AvgIpc) is 2.01. The predicted octanol–water partition coefficient (Wildman–Crippen LogP) is 1.90. The van der Waals surface area contributed by atoms with Crippen LogP contribution in [0.25, 0.3) is 0 Å². The molecule has 0 aromatic rings. The van der Waals surface area contributed by atoms with E-state index in [0.29, 0.717) is 0 Å². The van der Waals surface area contributed by atoms with E-state index in [1.807, 2.05) is 0 Å². The molecule has 0 spiro atoms. The molecule has 2 unspecified atom stereocenters. The summed E-state index contributed by atoms with van der Waals surface area (Å²) in [6, 6.07) is 0. The quantitative estimate of drug-likeness (QED) is 0.530. The first-order valence-corrected chi connectivity index (χ1v) is 5.21. The Balaban J connectivity index is 4.73. The van der Waals surface area contributed by atoms with Crippen molar-refractivity contribution in [3.05, 3.63) is 25.3 Å². The molecule has 0 aromatic heterocycles. The van der Waals surface area contributed by atoms with Crippen LogP contribution in [-0.2, 0) is 9.84 Å². The first kappa shape index (κ1) is 11.0. The van der Waals surface area contributed by atoms with E-state index in [0.717, 1.165) is 12.2 Å². The molecule has 0 aromatic carbocycles. The average molecular weight is 215 g/mol. The van der Waals surface area contributed by atoms with E-state index in [9.17, 15) is 8.42 Å². The van der Waals surface area contributed by atoms with E-state index in [1.165, 1.54) is 0 Å². The van der Waals surface area contributed by atoms with Gasteiger partial charge in [-0.1, -0.05) is 12.2 Å². The lowest BCUT2D eigenvalue weighted by Gasteiger charge is -2.08. The molecule has 0 rings (SSSR count). The molecule has 0 radical (unpaired) electrons. The van der Waals surface area contributed by atoms with Crippen molar-refractivity contribution >= 4 is 33.0 Å². The fourth-order valence-corrected chi connectivity index (χ4v) is 2.00. The highest BCUT2D eigenvalue weighted by Crippen LogP contribution is 2.17. The topological polar surface area (TPSA) is 34.1 Å². The molecule has 0 fully saturated rings. The van der Waals surface area contributed by atoms with Crippen LogP contribution in [0.3, 0.4) is 0 Å². The maximum absolute atomic E-state index is 11.1. The van der Waals surface area contributed by atoms with Crippen LogP contribution in [0.15, 0.2) is 25.3 Å². The number of hydrogen-bond acceptors (Lipinski definition) is 2. The lowest BCUT2D eigenvalue weighted by molar-refractivity contribution is 0.597. The van der Waals surface area contributed by atoms with Gasteiger partial charge in [-0.15, -0.1) is 36.4 Å². The van der Waals surface area contributed by atoms with E-state index < -0.39 is 19.3 Å². The summed E-state index contributed by atoms with van der Waals surface area (Å²) in [6.07, 6.45) is 2.21. The van der Waals surface area contributed by atoms with Crippen LogP contribution in [0.5, 0.6) is 0 Å². The Bertz CT molecular complexity index is 225. The zero-order valence-corrected chi connectivity index (χ0v) is 8.03. The molecule has 0 aliphatic rings. The summed E-state index contributed by atoms with van der Waals surface area (Å²) in [7, 11) is -3.54. The van der Waals surface area contributed by atoms with Crippen molar-refractivity contribution in [1.82, 2.24) is 0 Å². The Morgan fingerprint density at radius 2 is 1.36 bits per heavy atom. The van der Waals surface area contributed by atoms with Gasteiger partial charge < -0.3 is 0 Å². The summed E-state index contributed by atoms with van der Waals surface area (Å²) in [4.78, 5) is 0. The molecular weight excluding hydrogens is 207 g/mol. The van der Waals surface area contributed by atoms with Crippen molar-refractivity contribution in [3.8, 4) is 0 Å². The summed E-state index contributed by atoms with van der Waals surface area (Å²) >= 11 is 10.8. The van der Waals surface area contributed by atoms with E-state index in [-0.39, 0.29) is 0 Å². The normalized spacial score (nSPS) is 16.9. The molecule has 0 heterocycles. The van der Waals surface area contributed by atoms with E-state index in [2.05, 4.69) is 13.2 Å². The Hall–Kier alpha value is 0.01000. The van der Waals surface area contributed by atoms with Gasteiger partial charge in [-0.05, 0) is 0 Å². The van der Waals surface area contributed by atoms with Crippen molar-refractivity contribution in [2.75, 3.05) is 0 Å². The third-order valence-electron chi connectivity index (χ3n) is 0.998. The van der Waals surface area contributed by atoms with Gasteiger partial charge in [0.05, 0.1) is 0 Å². The molecule has 0 aliphatic carbocycles. The van der Waals surface area contributed by atoms with Gasteiger partial charge in [-0.2, -0.15) is 0 Å². The van der Waals surface area contributed by atoms with Gasteiger partial charge in [0.15, 0.2) is 19.3 Å². The largest absolute Gasteiger partial charge is 0.225 e. The van der Waals surface area contributed by atoms with Gasteiger partial charge in [-0.25, -0.2) is 8.42 Å². The van der Waals surface area contributed by atoms with Crippen LogP contribution < -0.4 is 0 Å². The summed E-state index contributed by atoms with van der Waals surface area (Å²) < 4.78 is 19.9. The minimum Gasteiger partial charge on any atom is -0.225 e. The Kier molecular flexibility index (Phi) is 4.14. The first-order valence-electron chi connectivity index (χ1n) is 2.72. The number of rotatable bonds is 4. The molecule has 2 nitrogen and oxygen atoms in total. The maximum Gasteiger partial charge on any atom is 0.191 e. The summed E-state index contributed by atoms with van der Waals surface area (Å²) in [5.74, 6) is 0. The van der Waals surface area contributed by atoms with Gasteiger partial charge in [0, 0.05) is 0 Å². The molecule has 0 bridgehead atoms. The zero-order chi connectivity index (χ0) is 9.07. The van der Waals surface area contributed by atoms with Crippen molar-refractivity contribution < 1.29 is 8.42 Å². The van der Waals surface area contributed by atoms with E-state index >= 15 is 0 Å². The highest BCUT2D eigenvalue weighted by Gasteiger charge is 2.26. The molecule has 64 valence electrons. The van der Waals surface area contributed by atoms with Crippen molar-refractivity contribution in [1.29, 1.82) is 0 Å². The van der Waals surface area contributed by atoms with Crippen LogP contribution in [-0.4, -0.2) is 17.8 Å². The van der Waals surface area contributed by atoms with Gasteiger partial charge in [0.25, 0.3) is 0 Å². The molecular formula is C6H8Cl2O2S. The molecule has 0 N–H and O–H groups in total. The monoisotopic (exact) mass is 214 g/mol. The smallest absolute Gasteiger partial charge is 0.191 e. The lowest BCUT2D eigenvalue weighted by atomic mass is 10.7. The SMILES string of the molecule is C=CC(Cl)S(=O)(=O)C(Cl)C=C. The zero-order valence-electron chi connectivity index (χ0n) is 5.70. The third kappa shape index (κ3) is 2.51. The summed E-state index contributed by atoms with van der Waals surface area (Å²) in [5.41, 5.74) is 0. The second kappa shape index (κ2) is 4.14. The second-order valence-electron chi connectivity index (χ2n) is 1.76. The highest BCUT2D eigenvalue weighted by molar-refractivity contribution is 7.95. The van der Waals surface area contributed by atoms with Gasteiger partial charge in [-0.3, -0.25) is 0 Å². The molecule has 0 aliphatic heterocycles. The van der Waals surface area contributed by atoms with Crippen LogP contribution in [0.1, 0.15) is 0 Å². The lowest BCUT2D eigenvalue weighted by Crippen LogP contribution is -2.21. The second-order valence-corrected chi connectivity index (χ2v) is 5.41. The highest BCUT2D eigenvalue weighted by atomic mass is 35.5. The number of alkyl halides is 2. The van der Waals surface area contributed by atoms with Crippen molar-refractivity contribution in [3.63, 3.8) is 0 Å². The molecule has 0 amide bonds. The first-order chi connectivity index (χ1) is 4.96. The minimum absolute atomic E-state index is 1.11. The Morgan fingerprint density at radius 1 is 1.09 bits per heavy atom. The van der Waals surface area contributed by atoms with Crippen LogP contribution in [0, 0.1) is 0 Å². The summed E-state index contributed by atoms with van der Waals surface area (Å²) in [5, 5.41) is 0. The maximum atomic E-state index is 11.1. The van der Waals surface area contributed by atoms with Crippen molar-refractivity contribution in [2.45, 2.75) is 9.42 Å². The molecule has 0 saturated carbocycles. The van der Waals surface area contributed by atoms with E-state index in [1.54, 1.807) is 0 Å². The third-order valence-corrected chi connectivity index (χ3v) is 4.49. The molecule has 2 atom stereocenters. The molecule has 0 saturated heterocycles. The number of hydrogen-bond donors (Lipinski definition) is 0. The van der Waals surface area contributed by atoms with Crippen LogP contribution >= 0.6 is 23.2 Å². The standard InChI is InChI=1S/C6H8Cl2O2S/c1-3-5(7)11(9,10)6(8)4-2/h3-6H,1-2H2. The van der Waals surface area contributed by atoms with Gasteiger partial charge >= 0.3 is 0 Å². The number of halogens is 2. The fraction of sp³-hybridized carbons (Fsp3) is 0.333. The Labute approximate surface area is 76.4 Å². The van der Waals surface area contributed by atoms with Gasteiger partial charge in [0.1, 0.15) is 0 Å². The van der Waals surface area contributed by atoms with Crippen LogP contribution in [0.4, 0.5) is 0 Å². The minimum atomic E-state index is -3.54. The molecule has 5 heteroatoms. The van der Waals surface area contributed by atoms with Gasteiger partial charge in [0.2, 0.25) is 0 Å². The van der Waals surface area contributed by atoms with E-state index in [4.69, 9.17) is 23.2 Å². The van der Waals surface area contributed by atoms with Crippen molar-refractivity contribution in [2.24, 2.45) is 0 Å². The summed E-state index contributed by atoms with van der Waals surface area (Å²) in [6.45, 7) is 6.48.